The molecule has 2 aromatic rings. The molecule has 0 saturated carbocycles. The van der Waals surface area contributed by atoms with Crippen molar-refractivity contribution in [2.75, 3.05) is 12.5 Å². The number of nitrogens with zero attached hydrogens (tertiary/aromatic N) is 1. The van der Waals surface area contributed by atoms with E-state index in [2.05, 4.69) is 4.98 Å². The van der Waals surface area contributed by atoms with Crippen molar-refractivity contribution in [1.82, 2.24) is 4.98 Å². The fourth-order valence-corrected chi connectivity index (χ4v) is 2.12. The van der Waals surface area contributed by atoms with Gasteiger partial charge in [0.15, 0.2) is 0 Å². The van der Waals surface area contributed by atoms with Crippen molar-refractivity contribution in [2.24, 2.45) is 0 Å². The van der Waals surface area contributed by atoms with Gasteiger partial charge in [0.1, 0.15) is 5.75 Å². The van der Waals surface area contributed by atoms with Gasteiger partial charge in [-0.3, -0.25) is 4.98 Å². The van der Waals surface area contributed by atoms with Gasteiger partial charge in [0.2, 0.25) is 0 Å². The van der Waals surface area contributed by atoms with Crippen LogP contribution in [-0.2, 0) is 0 Å². The second-order valence-electron chi connectivity index (χ2n) is 4.28. The molecule has 0 fully saturated rings. The van der Waals surface area contributed by atoms with Crippen molar-refractivity contribution >= 4 is 22.5 Å². The van der Waals surface area contributed by atoms with Crippen LogP contribution in [0, 0.1) is 0 Å². The molecule has 2 nitrogen and oxygen atoms in total. The normalized spacial score (nSPS) is 10.7. The number of fused-ring (bicyclic) bond motifs is 1. The van der Waals surface area contributed by atoms with Crippen molar-refractivity contribution < 1.29 is 4.74 Å². The van der Waals surface area contributed by atoms with Crippen LogP contribution >= 0.6 is 11.6 Å². The molecule has 0 spiro atoms. The smallest absolute Gasteiger partial charge is 0.128 e. The fourth-order valence-electron chi connectivity index (χ4n) is 1.93. The molecule has 1 aromatic carbocycles. The van der Waals surface area contributed by atoms with Gasteiger partial charge in [0, 0.05) is 17.5 Å². The van der Waals surface area contributed by atoms with Crippen LogP contribution in [0.5, 0.6) is 5.75 Å². The Morgan fingerprint density at radius 3 is 2.78 bits per heavy atom. The molecule has 18 heavy (non-hydrogen) atoms. The Balaban J connectivity index is 1.88. The molecule has 96 valence electrons. The molecule has 0 amide bonds. The Labute approximate surface area is 113 Å². The van der Waals surface area contributed by atoms with Crippen molar-refractivity contribution in [3.63, 3.8) is 0 Å². The lowest BCUT2D eigenvalue weighted by Crippen LogP contribution is -1.98. The van der Waals surface area contributed by atoms with E-state index in [-0.39, 0.29) is 0 Å². The van der Waals surface area contributed by atoms with Crippen LogP contribution in [0.25, 0.3) is 10.9 Å². The van der Waals surface area contributed by atoms with Gasteiger partial charge in [0.05, 0.1) is 12.1 Å². The number of ether oxygens (including phenoxy) is 1. The molecule has 0 saturated heterocycles. The number of alkyl halides is 1. The number of pyridine rings is 1. The molecule has 1 aromatic heterocycles. The van der Waals surface area contributed by atoms with Crippen LogP contribution in [0.15, 0.2) is 36.5 Å². The summed E-state index contributed by atoms with van der Waals surface area (Å²) >= 11 is 5.64. The first-order valence-electron chi connectivity index (χ1n) is 6.44. The predicted molar refractivity (Wildman–Crippen MR) is 76.4 cm³/mol. The topological polar surface area (TPSA) is 22.1 Å². The number of rotatable bonds is 7. The van der Waals surface area contributed by atoms with Crippen LogP contribution in [0.4, 0.5) is 0 Å². The summed E-state index contributed by atoms with van der Waals surface area (Å²) in [5.41, 5.74) is 0.983. The third kappa shape index (κ3) is 3.61. The first-order valence-corrected chi connectivity index (χ1v) is 6.98. The Bertz CT molecular complexity index is 481. The highest BCUT2D eigenvalue weighted by atomic mass is 35.5. The maximum Gasteiger partial charge on any atom is 0.128 e. The largest absolute Gasteiger partial charge is 0.493 e. The van der Waals surface area contributed by atoms with Gasteiger partial charge >= 0.3 is 0 Å². The number of hydrogen-bond acceptors (Lipinski definition) is 2. The van der Waals surface area contributed by atoms with Crippen molar-refractivity contribution in [2.45, 2.75) is 25.7 Å². The average molecular weight is 264 g/mol. The van der Waals surface area contributed by atoms with Crippen LogP contribution in [-0.4, -0.2) is 17.5 Å². The van der Waals surface area contributed by atoms with Crippen molar-refractivity contribution in [1.29, 1.82) is 0 Å². The Kier molecular flexibility index (Phi) is 5.28. The van der Waals surface area contributed by atoms with Gasteiger partial charge in [-0.1, -0.05) is 18.9 Å². The minimum Gasteiger partial charge on any atom is -0.493 e. The lowest BCUT2D eigenvalue weighted by atomic mass is 10.2. The molecule has 0 unspecified atom stereocenters. The Hall–Kier alpha value is -1.28. The monoisotopic (exact) mass is 263 g/mol. The lowest BCUT2D eigenvalue weighted by Gasteiger charge is -2.08. The number of aromatic nitrogens is 1. The number of halogens is 1. The highest BCUT2D eigenvalue weighted by Crippen LogP contribution is 2.23. The molecule has 0 atom stereocenters. The number of benzene rings is 1. The number of hydrogen-bond donors (Lipinski definition) is 0. The maximum absolute atomic E-state index is 5.83. The zero-order valence-electron chi connectivity index (χ0n) is 10.4. The standard InChI is InChI=1S/C15H18ClNO/c16-10-3-1-2-4-12-18-15-9-5-8-14-13(15)7-6-11-17-14/h5-9,11H,1-4,10,12H2. The second kappa shape index (κ2) is 7.22. The summed E-state index contributed by atoms with van der Waals surface area (Å²) in [7, 11) is 0. The van der Waals surface area contributed by atoms with Gasteiger partial charge in [-0.15, -0.1) is 11.6 Å². The van der Waals surface area contributed by atoms with E-state index >= 15 is 0 Å². The van der Waals surface area contributed by atoms with E-state index in [0.29, 0.717) is 0 Å². The third-order valence-corrected chi connectivity index (χ3v) is 3.16. The summed E-state index contributed by atoms with van der Waals surface area (Å²) in [6.07, 6.45) is 6.34. The Morgan fingerprint density at radius 2 is 1.89 bits per heavy atom. The molecule has 3 heteroatoms. The summed E-state index contributed by atoms with van der Waals surface area (Å²) in [6, 6.07) is 9.98. The fraction of sp³-hybridized carbons (Fsp3) is 0.400. The van der Waals surface area contributed by atoms with E-state index in [0.717, 1.165) is 42.0 Å². The van der Waals surface area contributed by atoms with Crippen LogP contribution in [0.3, 0.4) is 0 Å². The average Bonchev–Trinajstić information content (AvgIpc) is 2.43. The van der Waals surface area contributed by atoms with Crippen LogP contribution < -0.4 is 4.74 Å². The van der Waals surface area contributed by atoms with Gasteiger partial charge < -0.3 is 4.74 Å². The SMILES string of the molecule is ClCCCCCCOc1cccc2ncccc12. The summed E-state index contributed by atoms with van der Waals surface area (Å²) < 4.78 is 5.83. The molecule has 0 radical (unpaired) electrons. The number of unbranched alkanes of at least 4 members (excludes halogenated alkanes) is 3. The first kappa shape index (κ1) is 13.2. The second-order valence-corrected chi connectivity index (χ2v) is 4.66. The van der Waals surface area contributed by atoms with E-state index in [1.54, 1.807) is 6.20 Å². The van der Waals surface area contributed by atoms with Crippen molar-refractivity contribution in [3.8, 4) is 5.75 Å². The molecule has 0 N–H and O–H groups in total. The zero-order chi connectivity index (χ0) is 12.6. The molecule has 0 aliphatic heterocycles. The van der Waals surface area contributed by atoms with E-state index in [9.17, 15) is 0 Å². The van der Waals surface area contributed by atoms with Gasteiger partial charge in [-0.2, -0.15) is 0 Å². The van der Waals surface area contributed by atoms with Gasteiger partial charge in [-0.25, -0.2) is 0 Å². The Morgan fingerprint density at radius 1 is 1.00 bits per heavy atom. The van der Waals surface area contributed by atoms with Gasteiger partial charge in [0.25, 0.3) is 0 Å². The summed E-state index contributed by atoms with van der Waals surface area (Å²) in [5.74, 6) is 1.69. The summed E-state index contributed by atoms with van der Waals surface area (Å²) in [4.78, 5) is 4.32. The zero-order valence-corrected chi connectivity index (χ0v) is 11.2. The highest BCUT2D eigenvalue weighted by Gasteiger charge is 2.01. The third-order valence-electron chi connectivity index (χ3n) is 2.89. The minimum absolute atomic E-state index is 0.760. The minimum atomic E-state index is 0.760. The maximum atomic E-state index is 5.83. The quantitative estimate of drug-likeness (QED) is 0.545. The molecule has 2 rings (SSSR count). The van der Waals surface area contributed by atoms with E-state index < -0.39 is 0 Å². The molecular formula is C15H18ClNO. The highest BCUT2D eigenvalue weighted by molar-refractivity contribution is 6.17. The molecule has 1 heterocycles. The first-order chi connectivity index (χ1) is 8.92. The molecular weight excluding hydrogens is 246 g/mol. The van der Waals surface area contributed by atoms with Crippen molar-refractivity contribution in [3.05, 3.63) is 36.5 Å². The molecule has 0 bridgehead atoms. The van der Waals surface area contributed by atoms with Crippen LogP contribution in [0.2, 0.25) is 0 Å². The molecule has 0 aliphatic carbocycles. The van der Waals surface area contributed by atoms with E-state index in [4.69, 9.17) is 16.3 Å². The molecule has 0 aliphatic rings. The summed E-state index contributed by atoms with van der Waals surface area (Å²) in [6.45, 7) is 0.760. The van der Waals surface area contributed by atoms with E-state index in [1.807, 2.05) is 30.3 Å². The lowest BCUT2D eigenvalue weighted by molar-refractivity contribution is 0.308. The van der Waals surface area contributed by atoms with Crippen LogP contribution in [0.1, 0.15) is 25.7 Å². The van der Waals surface area contributed by atoms with Gasteiger partial charge in [-0.05, 0) is 37.1 Å². The summed E-state index contributed by atoms with van der Waals surface area (Å²) in [5, 5.41) is 1.08. The van der Waals surface area contributed by atoms with E-state index in [1.165, 1.54) is 12.8 Å². The predicted octanol–water partition coefficient (Wildman–Crippen LogP) is 4.41.